The van der Waals surface area contributed by atoms with Crippen molar-refractivity contribution < 1.29 is 17.9 Å². The zero-order valence-corrected chi connectivity index (χ0v) is 14.5. The summed E-state index contributed by atoms with van der Waals surface area (Å²) in [6.07, 6.45) is 0. The lowest BCUT2D eigenvalue weighted by Gasteiger charge is -2.14. The average molecular weight is 354 g/mol. The number of thiophene rings is 1. The molecule has 0 spiro atoms. The van der Waals surface area contributed by atoms with Gasteiger partial charge in [-0.05, 0) is 43.5 Å². The maximum Gasteiger partial charge on any atom is 0.338 e. The fourth-order valence-electron chi connectivity index (χ4n) is 1.93. The van der Waals surface area contributed by atoms with E-state index in [9.17, 15) is 13.2 Å². The minimum atomic E-state index is -3.69. The highest BCUT2D eigenvalue weighted by molar-refractivity contribution is 7.94. The normalized spacial score (nSPS) is 11.0. The van der Waals surface area contributed by atoms with E-state index in [-0.39, 0.29) is 16.4 Å². The van der Waals surface area contributed by atoms with Crippen molar-refractivity contribution in [3.05, 3.63) is 41.3 Å². The Hall–Kier alpha value is -2.06. The molecule has 0 aliphatic heterocycles. The summed E-state index contributed by atoms with van der Waals surface area (Å²) < 4.78 is 32.4. The van der Waals surface area contributed by atoms with Crippen LogP contribution in [0.1, 0.15) is 24.2 Å². The molecule has 0 bridgehead atoms. The quantitative estimate of drug-likeness (QED) is 0.746. The zero-order chi connectivity index (χ0) is 16.9. The van der Waals surface area contributed by atoms with Crippen molar-refractivity contribution in [3.63, 3.8) is 0 Å². The Morgan fingerprint density at radius 2 is 2.00 bits per heavy atom. The third-order valence-electron chi connectivity index (χ3n) is 2.90. The van der Waals surface area contributed by atoms with Gasteiger partial charge in [0, 0.05) is 6.54 Å². The number of anilines is 2. The predicted octanol–water partition coefficient (Wildman–Crippen LogP) is 3.16. The van der Waals surface area contributed by atoms with Crippen LogP contribution in [0.3, 0.4) is 0 Å². The first-order chi connectivity index (χ1) is 11.0. The topological polar surface area (TPSA) is 84.5 Å². The molecule has 0 radical (unpaired) electrons. The molecule has 0 aliphatic rings. The summed E-state index contributed by atoms with van der Waals surface area (Å²) in [4.78, 5) is 11.8. The van der Waals surface area contributed by atoms with Crippen LogP contribution in [0.15, 0.2) is 39.9 Å². The summed E-state index contributed by atoms with van der Waals surface area (Å²) in [7, 11) is -3.69. The Bertz CT molecular complexity index is 771. The number of carbonyl (C=O) groups excluding carboxylic acids is 1. The van der Waals surface area contributed by atoms with Crippen LogP contribution >= 0.6 is 11.3 Å². The number of nitrogens with one attached hydrogen (secondary N) is 2. The van der Waals surface area contributed by atoms with Crippen LogP contribution in [0, 0.1) is 0 Å². The second kappa shape index (κ2) is 7.47. The molecule has 2 rings (SSSR count). The molecule has 0 saturated carbocycles. The Morgan fingerprint density at radius 3 is 2.61 bits per heavy atom. The molecule has 2 aromatic rings. The van der Waals surface area contributed by atoms with E-state index in [4.69, 9.17) is 4.74 Å². The second-order valence-electron chi connectivity index (χ2n) is 4.55. The van der Waals surface area contributed by atoms with E-state index in [0.717, 1.165) is 11.3 Å². The fraction of sp³-hybridized carbons (Fsp3) is 0.267. The smallest absolute Gasteiger partial charge is 0.338 e. The van der Waals surface area contributed by atoms with Crippen LogP contribution in [-0.2, 0) is 14.8 Å². The van der Waals surface area contributed by atoms with Gasteiger partial charge in [0.2, 0.25) is 0 Å². The third-order valence-corrected chi connectivity index (χ3v) is 5.67. The molecule has 0 saturated heterocycles. The number of hydrogen-bond donors (Lipinski definition) is 2. The van der Waals surface area contributed by atoms with Crippen molar-refractivity contribution in [2.75, 3.05) is 23.2 Å². The highest BCUT2D eigenvalue weighted by Crippen LogP contribution is 2.27. The molecule has 0 unspecified atom stereocenters. The Balaban J connectivity index is 2.38. The molecule has 0 aliphatic carbocycles. The van der Waals surface area contributed by atoms with Crippen molar-refractivity contribution in [1.82, 2.24) is 0 Å². The van der Waals surface area contributed by atoms with Gasteiger partial charge in [0.15, 0.2) is 0 Å². The van der Waals surface area contributed by atoms with Crippen LogP contribution in [0.2, 0.25) is 0 Å². The predicted molar refractivity (Wildman–Crippen MR) is 91.7 cm³/mol. The molecular weight excluding hydrogens is 336 g/mol. The molecule has 1 heterocycles. The summed E-state index contributed by atoms with van der Waals surface area (Å²) in [5.74, 6) is -0.493. The van der Waals surface area contributed by atoms with Crippen LogP contribution in [-0.4, -0.2) is 27.5 Å². The number of esters is 1. The highest BCUT2D eigenvalue weighted by Gasteiger charge is 2.18. The zero-order valence-electron chi connectivity index (χ0n) is 12.8. The van der Waals surface area contributed by atoms with Gasteiger partial charge >= 0.3 is 5.97 Å². The highest BCUT2D eigenvalue weighted by atomic mass is 32.2. The summed E-state index contributed by atoms with van der Waals surface area (Å²) in [5, 5.41) is 4.76. The molecular formula is C15H18N2O4S2. The van der Waals surface area contributed by atoms with E-state index < -0.39 is 16.0 Å². The molecule has 1 aromatic heterocycles. The average Bonchev–Trinajstić information content (AvgIpc) is 3.04. The monoisotopic (exact) mass is 354 g/mol. The maximum absolute atomic E-state index is 12.4. The van der Waals surface area contributed by atoms with Gasteiger partial charge in [-0.2, -0.15) is 0 Å². The molecule has 23 heavy (non-hydrogen) atoms. The molecule has 1 aromatic carbocycles. The molecule has 8 heteroatoms. The van der Waals surface area contributed by atoms with Crippen LogP contribution in [0.4, 0.5) is 11.4 Å². The molecule has 124 valence electrons. The van der Waals surface area contributed by atoms with Gasteiger partial charge in [0.1, 0.15) is 4.21 Å². The number of sulfonamides is 1. The van der Waals surface area contributed by atoms with Crippen LogP contribution in [0.5, 0.6) is 0 Å². The van der Waals surface area contributed by atoms with E-state index in [2.05, 4.69) is 10.0 Å². The Morgan fingerprint density at radius 1 is 1.22 bits per heavy atom. The Labute approximate surface area is 139 Å². The van der Waals surface area contributed by atoms with E-state index in [1.165, 1.54) is 12.1 Å². The second-order valence-corrected chi connectivity index (χ2v) is 7.41. The molecule has 0 fully saturated rings. The number of benzene rings is 1. The van der Waals surface area contributed by atoms with Crippen molar-refractivity contribution in [3.8, 4) is 0 Å². The van der Waals surface area contributed by atoms with Gasteiger partial charge in [0.25, 0.3) is 10.0 Å². The SMILES string of the molecule is CCNc1ccc(C(=O)OCC)cc1NS(=O)(=O)c1cccs1. The number of rotatable bonds is 7. The maximum atomic E-state index is 12.4. The van der Waals surface area contributed by atoms with Gasteiger partial charge in [0.05, 0.1) is 23.5 Å². The molecule has 2 N–H and O–H groups in total. The minimum Gasteiger partial charge on any atom is -0.462 e. The molecule has 6 nitrogen and oxygen atoms in total. The molecule has 0 atom stereocenters. The summed E-state index contributed by atoms with van der Waals surface area (Å²) in [5.41, 5.74) is 1.20. The lowest BCUT2D eigenvalue weighted by Crippen LogP contribution is -2.14. The van der Waals surface area contributed by atoms with Crippen molar-refractivity contribution in [2.45, 2.75) is 18.1 Å². The van der Waals surface area contributed by atoms with Gasteiger partial charge in [-0.15, -0.1) is 11.3 Å². The van der Waals surface area contributed by atoms with E-state index in [0.29, 0.717) is 17.9 Å². The fourth-order valence-corrected chi connectivity index (χ4v) is 3.99. The summed E-state index contributed by atoms with van der Waals surface area (Å²) >= 11 is 1.12. The van der Waals surface area contributed by atoms with Gasteiger partial charge in [-0.1, -0.05) is 6.07 Å². The first kappa shape index (κ1) is 17.3. The lowest BCUT2D eigenvalue weighted by molar-refractivity contribution is 0.0526. The number of carbonyl (C=O) groups is 1. The third kappa shape index (κ3) is 4.23. The largest absolute Gasteiger partial charge is 0.462 e. The van der Waals surface area contributed by atoms with Gasteiger partial charge < -0.3 is 10.1 Å². The van der Waals surface area contributed by atoms with Crippen LogP contribution < -0.4 is 10.0 Å². The minimum absolute atomic E-state index is 0.210. The summed E-state index contributed by atoms with van der Waals surface area (Å²) in [6, 6.07) is 7.91. The number of ether oxygens (including phenoxy) is 1. The lowest BCUT2D eigenvalue weighted by atomic mass is 10.1. The van der Waals surface area contributed by atoms with Gasteiger partial charge in [-0.3, -0.25) is 4.72 Å². The first-order valence-electron chi connectivity index (χ1n) is 7.09. The van der Waals surface area contributed by atoms with Crippen molar-refractivity contribution >= 4 is 38.7 Å². The standard InChI is InChI=1S/C15H18N2O4S2/c1-3-16-12-8-7-11(15(18)21-4-2)10-13(12)17-23(19,20)14-6-5-9-22-14/h5-10,16-17H,3-4H2,1-2H3. The number of hydrogen-bond acceptors (Lipinski definition) is 6. The Kier molecular flexibility index (Phi) is 5.62. The van der Waals surface area contributed by atoms with Crippen LogP contribution in [0.25, 0.3) is 0 Å². The van der Waals surface area contributed by atoms with Gasteiger partial charge in [-0.25, -0.2) is 13.2 Å². The first-order valence-corrected chi connectivity index (χ1v) is 9.45. The van der Waals surface area contributed by atoms with E-state index in [1.54, 1.807) is 30.5 Å². The molecule has 0 amide bonds. The van der Waals surface area contributed by atoms with Crippen molar-refractivity contribution in [2.24, 2.45) is 0 Å². The van der Waals surface area contributed by atoms with E-state index >= 15 is 0 Å². The van der Waals surface area contributed by atoms with E-state index in [1.807, 2.05) is 6.92 Å². The summed E-state index contributed by atoms with van der Waals surface area (Å²) in [6.45, 7) is 4.48. The van der Waals surface area contributed by atoms with Crippen molar-refractivity contribution in [1.29, 1.82) is 0 Å².